The Labute approximate surface area is 327 Å². The van der Waals surface area contributed by atoms with E-state index in [9.17, 15) is 53.9 Å². The lowest BCUT2D eigenvalue weighted by Gasteiger charge is -2.36. The molecule has 6 bridgehead atoms. The number of piperazine rings is 1. The summed E-state index contributed by atoms with van der Waals surface area (Å²) in [4.78, 5) is 58.6. The number of aryl methyl sites for hydroxylation is 2. The zero-order chi connectivity index (χ0) is 42.8. The molecule has 0 aliphatic carbocycles. The number of aromatic nitrogens is 3. The minimum absolute atomic E-state index is 0.115. The summed E-state index contributed by atoms with van der Waals surface area (Å²) in [7, 11) is 1.68. The molecule has 2 amide bonds. The number of ether oxygens (including phenoxy) is 1. The predicted octanol–water partition coefficient (Wildman–Crippen LogP) is 7.47. The molecule has 0 atom stereocenters. The van der Waals surface area contributed by atoms with Crippen molar-refractivity contribution in [2.24, 2.45) is 0 Å². The maximum Gasteiger partial charge on any atom is 0.458 e. The highest BCUT2D eigenvalue weighted by Gasteiger charge is 2.54. The molecule has 2 aromatic carbocycles. The van der Waals surface area contributed by atoms with Crippen LogP contribution in [0.2, 0.25) is 5.02 Å². The number of nitrogens with zero attached hydrogens (tertiary/aromatic N) is 5. The normalized spacial score (nSPS) is 13.8. The minimum Gasteiger partial charge on any atom is -0.495 e. The second kappa shape index (κ2) is 18.8. The standard InChI is InChI=1S/C29H29ClN8O2.C4F6O2.C2HF3O/c1-40-26-5-3-2-4-25(26)37-10-12-38(13-11-37)29(39)35-24-9-8-21-15-20(24)7-6-19-14-22(17-31-16-19)34-28-32-18-23(30)27(33-21)36-28;5-3(6,7)1(11)2(12)4(8,9)10;3-2(4,5)1-6/h2-5,8-9,14-18H,6-7,10-13H2,1H3,(H,35,39)(H2,32,33,34,36);;1H. The largest absolute Gasteiger partial charge is 0.495 e. The molecule has 2 aliphatic heterocycles. The van der Waals surface area contributed by atoms with E-state index in [4.69, 9.17) is 21.1 Å². The van der Waals surface area contributed by atoms with Crippen LogP contribution in [0.25, 0.3) is 0 Å². The van der Waals surface area contributed by atoms with Crippen LogP contribution < -0.4 is 25.6 Å². The van der Waals surface area contributed by atoms with Gasteiger partial charge in [-0.15, -0.1) is 0 Å². The van der Waals surface area contributed by atoms with Gasteiger partial charge >= 0.3 is 36.1 Å². The van der Waals surface area contributed by atoms with Crippen molar-refractivity contribution >= 4 is 70.0 Å². The number of pyridine rings is 1. The van der Waals surface area contributed by atoms with Crippen molar-refractivity contribution in [3.05, 3.63) is 83.3 Å². The number of benzene rings is 2. The lowest BCUT2D eigenvalue weighted by Crippen LogP contribution is -2.50. The Kier molecular flexibility index (Phi) is 14.5. The number of nitrogens with one attached hydrogen (secondary N) is 3. The Morgan fingerprint density at radius 3 is 2.07 bits per heavy atom. The highest BCUT2D eigenvalue weighted by molar-refractivity contribution is 6.41. The number of rotatable bonds is 4. The van der Waals surface area contributed by atoms with Gasteiger partial charge in [0.15, 0.2) is 5.82 Å². The van der Waals surface area contributed by atoms with E-state index in [2.05, 4.69) is 35.8 Å². The van der Waals surface area contributed by atoms with E-state index in [1.807, 2.05) is 59.6 Å². The first-order valence-corrected chi connectivity index (χ1v) is 16.9. The van der Waals surface area contributed by atoms with Crippen LogP contribution >= 0.6 is 11.6 Å². The molecule has 1 saturated heterocycles. The molecule has 13 nitrogen and oxygen atoms in total. The van der Waals surface area contributed by atoms with Gasteiger partial charge in [-0.05, 0) is 60.4 Å². The summed E-state index contributed by atoms with van der Waals surface area (Å²) >= 11 is 6.38. The first-order chi connectivity index (χ1) is 27.2. The highest BCUT2D eigenvalue weighted by atomic mass is 35.5. The maximum atomic E-state index is 13.3. The van der Waals surface area contributed by atoms with Crippen LogP contribution in [0, 0.1) is 0 Å². The maximum absolute atomic E-state index is 13.3. The molecule has 3 N–H and O–H groups in total. The second-order valence-electron chi connectivity index (χ2n) is 12.0. The van der Waals surface area contributed by atoms with Crippen LogP contribution in [-0.2, 0) is 27.2 Å². The fraction of sp³-hybridized carbons (Fsp3) is 0.286. The average Bonchev–Trinajstić information content (AvgIpc) is 3.18. The summed E-state index contributed by atoms with van der Waals surface area (Å²) in [6.45, 7) is 2.67. The minimum atomic E-state index is -5.77. The van der Waals surface area contributed by atoms with Crippen LogP contribution in [0.4, 0.5) is 78.8 Å². The van der Waals surface area contributed by atoms with Gasteiger partial charge in [0.25, 0.3) is 0 Å². The van der Waals surface area contributed by atoms with Crippen LogP contribution in [0.3, 0.4) is 0 Å². The highest BCUT2D eigenvalue weighted by Crippen LogP contribution is 2.31. The number of para-hydroxylation sites is 2. The third kappa shape index (κ3) is 12.7. The summed E-state index contributed by atoms with van der Waals surface area (Å²) in [5.74, 6) is -5.08. The third-order valence-corrected chi connectivity index (χ3v) is 8.21. The molecule has 58 heavy (non-hydrogen) atoms. The van der Waals surface area contributed by atoms with Gasteiger partial charge in [0, 0.05) is 43.8 Å². The van der Waals surface area contributed by atoms with Crippen molar-refractivity contribution in [3.8, 4) is 5.75 Å². The van der Waals surface area contributed by atoms with Crippen LogP contribution in [0.1, 0.15) is 11.1 Å². The number of aldehydes is 1. The molecule has 310 valence electrons. The number of alkyl halides is 9. The first-order valence-electron chi connectivity index (χ1n) is 16.5. The molecule has 2 aliphatic rings. The van der Waals surface area contributed by atoms with E-state index in [1.54, 1.807) is 19.5 Å². The van der Waals surface area contributed by atoms with Gasteiger partial charge in [-0.3, -0.25) is 19.4 Å². The predicted molar refractivity (Wildman–Crippen MR) is 192 cm³/mol. The zero-order valence-corrected chi connectivity index (χ0v) is 30.5. The summed E-state index contributed by atoms with van der Waals surface area (Å²) in [6, 6.07) is 15.7. The van der Waals surface area contributed by atoms with E-state index >= 15 is 0 Å². The number of urea groups is 1. The number of anilines is 6. The molecular weight excluding hydrogens is 819 g/mol. The molecule has 0 radical (unpaired) electrons. The fourth-order valence-electron chi connectivity index (χ4n) is 5.25. The van der Waals surface area contributed by atoms with Crippen molar-refractivity contribution in [2.45, 2.75) is 31.4 Å². The van der Waals surface area contributed by atoms with Crippen molar-refractivity contribution in [1.29, 1.82) is 0 Å². The lowest BCUT2D eigenvalue weighted by atomic mass is 10.0. The Hall–Kier alpha value is -6.19. The van der Waals surface area contributed by atoms with Crippen molar-refractivity contribution in [1.82, 2.24) is 19.9 Å². The van der Waals surface area contributed by atoms with Crippen LogP contribution in [-0.4, -0.2) is 95.6 Å². The summed E-state index contributed by atoms with van der Waals surface area (Å²) in [6.07, 6.45) is -10.7. The smallest absolute Gasteiger partial charge is 0.458 e. The van der Waals surface area contributed by atoms with Crippen molar-refractivity contribution in [3.63, 3.8) is 0 Å². The first kappa shape index (κ1) is 44.5. The molecule has 6 rings (SSSR count). The number of halogens is 10. The monoisotopic (exact) mass is 848 g/mol. The SMILES string of the molecule is COc1ccccc1N1CCN(C(=O)Nc2ccc3cc2CCc2cncc(c2)Nc2ncc(Cl)c(n2)N3)CC1.O=C(C(=O)C(F)(F)F)C(F)(F)F.O=CC(F)(F)F. The Balaban J connectivity index is 0.000000346. The van der Waals surface area contributed by atoms with E-state index in [1.165, 1.54) is 0 Å². The summed E-state index contributed by atoms with van der Waals surface area (Å²) < 4.78 is 104. The molecular formula is C35H30ClF9N8O5. The topological polar surface area (TPSA) is 159 Å². The van der Waals surface area contributed by atoms with E-state index < -0.39 is 36.4 Å². The number of ketones is 2. The van der Waals surface area contributed by atoms with Gasteiger partial charge in [-0.2, -0.15) is 44.5 Å². The fourth-order valence-corrected chi connectivity index (χ4v) is 5.38. The molecule has 0 saturated carbocycles. The number of amides is 2. The molecule has 23 heteroatoms. The number of carbonyl (C=O) groups is 4. The van der Waals surface area contributed by atoms with Crippen molar-refractivity contribution < 1.29 is 63.4 Å². The number of methoxy groups -OCH3 is 1. The van der Waals surface area contributed by atoms with Gasteiger partial charge in [-0.25, -0.2) is 9.78 Å². The Morgan fingerprint density at radius 1 is 0.828 bits per heavy atom. The number of Topliss-reactive ketones (excluding diaryl/α,β-unsaturated/α-hetero) is 2. The van der Waals surface area contributed by atoms with Crippen LogP contribution in [0.15, 0.2) is 67.1 Å². The van der Waals surface area contributed by atoms with Crippen molar-refractivity contribution in [2.75, 3.05) is 54.1 Å². The number of hydrogen-bond donors (Lipinski definition) is 3. The molecule has 2 aromatic heterocycles. The lowest BCUT2D eigenvalue weighted by molar-refractivity contribution is -0.193. The van der Waals surface area contributed by atoms with Gasteiger partial charge in [-0.1, -0.05) is 23.7 Å². The second-order valence-corrected chi connectivity index (χ2v) is 12.4. The molecule has 1 fully saturated rings. The number of carbonyl (C=O) groups excluding carboxylic acids is 4. The van der Waals surface area contributed by atoms with E-state index in [0.717, 1.165) is 59.1 Å². The van der Waals surface area contributed by atoms with E-state index in [0.29, 0.717) is 36.3 Å². The van der Waals surface area contributed by atoms with Gasteiger partial charge in [0.05, 0.1) is 30.9 Å². The summed E-state index contributed by atoms with van der Waals surface area (Å²) in [5, 5.41) is 10.0. The number of fused-ring (bicyclic) bond motifs is 6. The summed E-state index contributed by atoms with van der Waals surface area (Å²) in [5.41, 5.74) is 5.47. The zero-order valence-electron chi connectivity index (χ0n) is 29.7. The average molecular weight is 849 g/mol. The third-order valence-electron chi connectivity index (χ3n) is 7.94. The quantitative estimate of drug-likeness (QED) is 0.106. The van der Waals surface area contributed by atoms with Gasteiger partial charge in [0.2, 0.25) is 12.2 Å². The molecule has 0 unspecified atom stereocenters. The van der Waals surface area contributed by atoms with Gasteiger partial charge < -0.3 is 30.5 Å². The Morgan fingerprint density at radius 2 is 1.47 bits per heavy atom. The molecule has 0 spiro atoms. The number of hydrogen-bond acceptors (Lipinski definition) is 11. The van der Waals surface area contributed by atoms with E-state index in [-0.39, 0.29) is 6.03 Å². The Bertz CT molecular complexity index is 2090. The molecule has 4 aromatic rings. The van der Waals surface area contributed by atoms with Crippen LogP contribution in [0.5, 0.6) is 5.75 Å². The molecule has 4 heterocycles. The van der Waals surface area contributed by atoms with Gasteiger partial charge in [0.1, 0.15) is 10.8 Å².